The number of hydrogen-bond acceptors (Lipinski definition) is 5. The van der Waals surface area contributed by atoms with Gasteiger partial charge in [-0.3, -0.25) is 4.68 Å². The SMILES string of the molecule is Cc1cc(C)n(CCNc2nncc(-c3ccc4ccccc4c3)n2)n1. The summed E-state index contributed by atoms with van der Waals surface area (Å²) in [5.41, 5.74) is 4.01. The van der Waals surface area contributed by atoms with E-state index in [1.807, 2.05) is 23.7 Å². The van der Waals surface area contributed by atoms with Gasteiger partial charge in [-0.1, -0.05) is 36.4 Å². The van der Waals surface area contributed by atoms with Crippen molar-refractivity contribution >= 4 is 16.7 Å². The molecule has 6 nitrogen and oxygen atoms in total. The minimum Gasteiger partial charge on any atom is -0.351 e. The second-order valence-electron chi connectivity index (χ2n) is 6.30. The molecule has 130 valence electrons. The Morgan fingerprint density at radius 3 is 2.65 bits per heavy atom. The van der Waals surface area contributed by atoms with Gasteiger partial charge in [-0.15, -0.1) is 5.10 Å². The lowest BCUT2D eigenvalue weighted by Crippen LogP contribution is -2.14. The lowest BCUT2D eigenvalue weighted by Gasteiger charge is -2.08. The van der Waals surface area contributed by atoms with E-state index in [9.17, 15) is 0 Å². The minimum atomic E-state index is 0.525. The zero-order valence-corrected chi connectivity index (χ0v) is 14.8. The first-order valence-electron chi connectivity index (χ1n) is 8.63. The number of fused-ring (bicyclic) bond motifs is 1. The van der Waals surface area contributed by atoms with E-state index in [0.717, 1.165) is 29.2 Å². The van der Waals surface area contributed by atoms with Crippen LogP contribution in [0.15, 0.2) is 54.7 Å². The molecule has 0 bridgehead atoms. The van der Waals surface area contributed by atoms with Crippen molar-refractivity contribution in [1.82, 2.24) is 25.0 Å². The zero-order valence-electron chi connectivity index (χ0n) is 14.8. The summed E-state index contributed by atoms with van der Waals surface area (Å²) in [6, 6.07) is 16.6. The maximum absolute atomic E-state index is 4.59. The lowest BCUT2D eigenvalue weighted by molar-refractivity contribution is 0.613. The van der Waals surface area contributed by atoms with Crippen LogP contribution in [0.25, 0.3) is 22.0 Å². The van der Waals surface area contributed by atoms with Crippen LogP contribution >= 0.6 is 0 Å². The van der Waals surface area contributed by atoms with Gasteiger partial charge < -0.3 is 5.32 Å². The van der Waals surface area contributed by atoms with Crippen molar-refractivity contribution in [2.75, 3.05) is 11.9 Å². The predicted octanol–water partition coefficient (Wildman–Crippen LogP) is 3.62. The highest BCUT2D eigenvalue weighted by Crippen LogP contribution is 2.22. The van der Waals surface area contributed by atoms with Gasteiger partial charge in [-0.05, 0) is 36.8 Å². The summed E-state index contributed by atoms with van der Waals surface area (Å²) >= 11 is 0. The van der Waals surface area contributed by atoms with E-state index in [2.05, 4.69) is 68.9 Å². The third-order valence-electron chi connectivity index (χ3n) is 4.31. The van der Waals surface area contributed by atoms with Crippen molar-refractivity contribution in [1.29, 1.82) is 0 Å². The summed E-state index contributed by atoms with van der Waals surface area (Å²) in [5.74, 6) is 0.525. The largest absolute Gasteiger partial charge is 0.351 e. The van der Waals surface area contributed by atoms with E-state index in [1.165, 1.54) is 10.8 Å². The Kier molecular flexibility index (Phi) is 4.31. The summed E-state index contributed by atoms with van der Waals surface area (Å²) in [6.07, 6.45) is 1.69. The third kappa shape index (κ3) is 3.39. The Balaban J connectivity index is 1.49. The Labute approximate surface area is 151 Å². The van der Waals surface area contributed by atoms with Crippen LogP contribution in [0.3, 0.4) is 0 Å². The number of nitrogens with one attached hydrogen (secondary N) is 1. The van der Waals surface area contributed by atoms with E-state index in [0.29, 0.717) is 12.5 Å². The molecule has 0 spiro atoms. The average Bonchev–Trinajstić information content (AvgIpc) is 2.99. The molecule has 2 heterocycles. The Hall–Kier alpha value is -3.28. The maximum Gasteiger partial charge on any atom is 0.243 e. The molecule has 0 aliphatic rings. The van der Waals surface area contributed by atoms with Gasteiger partial charge in [0.1, 0.15) is 0 Å². The summed E-state index contributed by atoms with van der Waals surface area (Å²) in [7, 11) is 0. The molecule has 0 unspecified atom stereocenters. The number of aromatic nitrogens is 5. The lowest BCUT2D eigenvalue weighted by atomic mass is 10.1. The topological polar surface area (TPSA) is 68.5 Å². The third-order valence-corrected chi connectivity index (χ3v) is 4.31. The minimum absolute atomic E-state index is 0.525. The van der Waals surface area contributed by atoms with Crippen molar-refractivity contribution in [2.45, 2.75) is 20.4 Å². The molecule has 0 atom stereocenters. The molecule has 0 saturated heterocycles. The average molecular weight is 344 g/mol. The molecule has 4 aromatic rings. The standard InChI is InChI=1S/C20H20N6/c1-14-11-15(2)26(25-14)10-9-21-20-23-19(13-22-24-20)18-8-7-16-5-3-4-6-17(16)12-18/h3-8,11-13H,9-10H2,1-2H3,(H,21,23,24). The monoisotopic (exact) mass is 344 g/mol. The molecule has 0 aliphatic carbocycles. The van der Waals surface area contributed by atoms with Gasteiger partial charge >= 0.3 is 0 Å². The first kappa shape index (κ1) is 16.2. The fraction of sp³-hybridized carbons (Fsp3) is 0.200. The van der Waals surface area contributed by atoms with Crippen molar-refractivity contribution in [3.63, 3.8) is 0 Å². The van der Waals surface area contributed by atoms with Crippen LogP contribution in [0.2, 0.25) is 0 Å². The zero-order chi connectivity index (χ0) is 17.9. The highest BCUT2D eigenvalue weighted by molar-refractivity contribution is 5.86. The van der Waals surface area contributed by atoms with E-state index in [4.69, 9.17) is 0 Å². The van der Waals surface area contributed by atoms with Gasteiger partial charge in [0.25, 0.3) is 0 Å². The molecule has 4 rings (SSSR count). The number of nitrogens with zero attached hydrogens (tertiary/aromatic N) is 5. The predicted molar refractivity (Wildman–Crippen MR) is 103 cm³/mol. The molecule has 26 heavy (non-hydrogen) atoms. The molecule has 0 saturated carbocycles. The highest BCUT2D eigenvalue weighted by atomic mass is 15.3. The molecular weight excluding hydrogens is 324 g/mol. The first-order valence-corrected chi connectivity index (χ1v) is 8.63. The van der Waals surface area contributed by atoms with E-state index in [1.54, 1.807) is 6.20 Å². The maximum atomic E-state index is 4.59. The van der Waals surface area contributed by atoms with Gasteiger partial charge in [-0.2, -0.15) is 10.2 Å². The molecule has 0 amide bonds. The molecule has 6 heteroatoms. The summed E-state index contributed by atoms with van der Waals surface area (Å²) < 4.78 is 1.98. The van der Waals surface area contributed by atoms with Gasteiger partial charge in [0.2, 0.25) is 5.95 Å². The molecule has 0 fully saturated rings. The molecular formula is C20H20N6. The van der Waals surface area contributed by atoms with Crippen LogP contribution in [0, 0.1) is 13.8 Å². The molecule has 2 aromatic heterocycles. The molecule has 2 aromatic carbocycles. The van der Waals surface area contributed by atoms with Crippen molar-refractivity contribution in [3.8, 4) is 11.3 Å². The molecule has 0 aliphatic heterocycles. The quantitative estimate of drug-likeness (QED) is 0.599. The summed E-state index contributed by atoms with van der Waals surface area (Å²) in [5, 5.41) is 18.3. The van der Waals surface area contributed by atoms with Crippen LogP contribution < -0.4 is 5.32 Å². The number of hydrogen-bond donors (Lipinski definition) is 1. The number of anilines is 1. The number of rotatable bonds is 5. The second kappa shape index (κ2) is 6.92. The van der Waals surface area contributed by atoms with Crippen molar-refractivity contribution < 1.29 is 0 Å². The van der Waals surface area contributed by atoms with Crippen molar-refractivity contribution in [3.05, 3.63) is 66.1 Å². The second-order valence-corrected chi connectivity index (χ2v) is 6.30. The van der Waals surface area contributed by atoms with Crippen LogP contribution in [-0.4, -0.2) is 31.5 Å². The van der Waals surface area contributed by atoms with Gasteiger partial charge in [0, 0.05) is 17.8 Å². The summed E-state index contributed by atoms with van der Waals surface area (Å²) in [6.45, 7) is 5.49. The normalized spacial score (nSPS) is 11.0. The van der Waals surface area contributed by atoms with Crippen LogP contribution in [0.1, 0.15) is 11.4 Å². The van der Waals surface area contributed by atoms with E-state index < -0.39 is 0 Å². The molecule has 1 N–H and O–H groups in total. The Morgan fingerprint density at radius 1 is 1.00 bits per heavy atom. The van der Waals surface area contributed by atoms with Gasteiger partial charge in [-0.25, -0.2) is 4.98 Å². The van der Waals surface area contributed by atoms with Gasteiger partial charge in [0.15, 0.2) is 0 Å². The van der Waals surface area contributed by atoms with Crippen LogP contribution in [-0.2, 0) is 6.54 Å². The highest BCUT2D eigenvalue weighted by Gasteiger charge is 2.05. The van der Waals surface area contributed by atoms with E-state index >= 15 is 0 Å². The fourth-order valence-electron chi connectivity index (χ4n) is 3.04. The van der Waals surface area contributed by atoms with Gasteiger partial charge in [0.05, 0.1) is 24.1 Å². The van der Waals surface area contributed by atoms with E-state index in [-0.39, 0.29) is 0 Å². The Bertz CT molecular complexity index is 1050. The van der Waals surface area contributed by atoms with Crippen LogP contribution in [0.5, 0.6) is 0 Å². The Morgan fingerprint density at radius 2 is 1.85 bits per heavy atom. The van der Waals surface area contributed by atoms with Crippen LogP contribution in [0.4, 0.5) is 5.95 Å². The number of aryl methyl sites for hydroxylation is 2. The number of benzene rings is 2. The van der Waals surface area contributed by atoms with Crippen molar-refractivity contribution in [2.24, 2.45) is 0 Å². The smallest absolute Gasteiger partial charge is 0.243 e. The molecule has 0 radical (unpaired) electrons. The fourth-order valence-corrected chi connectivity index (χ4v) is 3.04. The first-order chi connectivity index (χ1) is 12.7. The summed E-state index contributed by atoms with van der Waals surface area (Å²) in [4.78, 5) is 4.59.